The highest BCUT2D eigenvalue weighted by molar-refractivity contribution is 6.10. The average Bonchev–Trinajstić information content (AvgIpc) is 3.69. The molecule has 8 aromatic rings. The van der Waals surface area contributed by atoms with Gasteiger partial charge in [-0.3, -0.25) is 0 Å². The van der Waals surface area contributed by atoms with Gasteiger partial charge in [0.25, 0.3) is 0 Å². The molecule has 0 unspecified atom stereocenters. The zero-order chi connectivity index (χ0) is 33.8. The second kappa shape index (κ2) is 10.3. The molecule has 0 saturated heterocycles. The summed E-state index contributed by atoms with van der Waals surface area (Å²) in [6.45, 7) is 9.41. The summed E-state index contributed by atoms with van der Waals surface area (Å²) in [5, 5.41) is 2.51. The maximum absolute atomic E-state index is 2.47. The van der Waals surface area contributed by atoms with E-state index in [0.717, 1.165) is 22.7 Å². The van der Waals surface area contributed by atoms with Gasteiger partial charge in [0.2, 0.25) is 0 Å². The lowest BCUT2D eigenvalue weighted by Gasteiger charge is -2.28. The van der Waals surface area contributed by atoms with Crippen LogP contribution in [-0.4, -0.2) is 4.57 Å². The molecule has 0 aliphatic heterocycles. The van der Waals surface area contributed by atoms with Crippen LogP contribution in [0.25, 0.3) is 49.7 Å². The summed E-state index contributed by atoms with van der Waals surface area (Å²) in [5.41, 5.74) is 17.8. The summed E-state index contributed by atoms with van der Waals surface area (Å²) < 4.78 is 2.41. The van der Waals surface area contributed by atoms with Gasteiger partial charge in [-0.1, -0.05) is 131 Å². The molecule has 10 rings (SSSR count). The molecule has 0 N–H and O–H groups in total. The van der Waals surface area contributed by atoms with E-state index in [2.05, 4.69) is 195 Å². The van der Waals surface area contributed by atoms with Gasteiger partial charge in [-0.25, -0.2) is 0 Å². The van der Waals surface area contributed by atoms with Crippen molar-refractivity contribution in [3.05, 3.63) is 180 Å². The third-order valence-corrected chi connectivity index (χ3v) is 11.6. The van der Waals surface area contributed by atoms with Gasteiger partial charge in [0, 0.05) is 44.4 Å². The molecule has 1 heterocycles. The first-order chi connectivity index (χ1) is 24.3. The third kappa shape index (κ3) is 3.96. The van der Waals surface area contributed by atoms with E-state index in [9.17, 15) is 0 Å². The highest BCUT2D eigenvalue weighted by atomic mass is 15.1. The SMILES string of the molecule is CC1(C)c2ccccc2-c2cc(N(c3ccc4c(c3)-c3ccccc3C4(C)C)c3ccc4c5ccccc5n(-c5ccccc5)c4c3)ccc21. The number of nitrogens with zero attached hydrogens (tertiary/aromatic N) is 2. The minimum atomic E-state index is -0.0479. The number of para-hydroxylation sites is 2. The van der Waals surface area contributed by atoms with E-state index in [4.69, 9.17) is 0 Å². The molecule has 0 spiro atoms. The lowest BCUT2D eigenvalue weighted by atomic mass is 9.82. The van der Waals surface area contributed by atoms with Crippen LogP contribution >= 0.6 is 0 Å². The van der Waals surface area contributed by atoms with E-state index in [1.165, 1.54) is 66.3 Å². The molecule has 0 saturated carbocycles. The quantitative estimate of drug-likeness (QED) is 0.185. The minimum Gasteiger partial charge on any atom is -0.310 e. The fourth-order valence-corrected chi connectivity index (χ4v) is 9.09. The molecule has 2 heteroatoms. The van der Waals surface area contributed by atoms with Crippen LogP contribution in [0.5, 0.6) is 0 Å². The Hall–Kier alpha value is -5.86. The molecular weight excluding hydrogens is 605 g/mol. The number of anilines is 3. The van der Waals surface area contributed by atoms with Gasteiger partial charge in [0.05, 0.1) is 11.0 Å². The maximum atomic E-state index is 2.47. The van der Waals surface area contributed by atoms with Gasteiger partial charge < -0.3 is 9.47 Å². The summed E-state index contributed by atoms with van der Waals surface area (Å²) in [6, 6.07) is 58.6. The number of hydrogen-bond donors (Lipinski definition) is 0. The smallest absolute Gasteiger partial charge is 0.0561 e. The van der Waals surface area contributed by atoms with Crippen molar-refractivity contribution in [1.29, 1.82) is 0 Å². The van der Waals surface area contributed by atoms with Crippen LogP contribution < -0.4 is 4.90 Å². The summed E-state index contributed by atoms with van der Waals surface area (Å²) in [4.78, 5) is 2.47. The van der Waals surface area contributed by atoms with Crippen LogP contribution in [0.2, 0.25) is 0 Å². The lowest BCUT2D eigenvalue weighted by molar-refractivity contribution is 0.660. The van der Waals surface area contributed by atoms with Crippen molar-refractivity contribution in [3.63, 3.8) is 0 Å². The maximum Gasteiger partial charge on any atom is 0.0561 e. The molecule has 0 amide bonds. The second-order valence-corrected chi connectivity index (χ2v) is 15.0. The molecular formula is C48H38N2. The third-order valence-electron chi connectivity index (χ3n) is 11.6. The van der Waals surface area contributed by atoms with Crippen LogP contribution in [0.1, 0.15) is 49.9 Å². The molecule has 0 bridgehead atoms. The van der Waals surface area contributed by atoms with Crippen molar-refractivity contribution in [1.82, 2.24) is 4.57 Å². The standard InChI is InChI=1S/C48H38N2/c1-47(2)41-19-11-8-16-35(41)39-28-32(23-26-43(39)47)49(33-24-27-44-40(29-33)36-17-9-12-20-42(36)48(44,3)4)34-22-25-38-37-18-10-13-21-45(37)50(46(38)30-34)31-14-6-5-7-15-31/h5-30H,1-4H3. The fourth-order valence-electron chi connectivity index (χ4n) is 9.09. The Morgan fingerprint density at radius 3 is 1.46 bits per heavy atom. The van der Waals surface area contributed by atoms with Gasteiger partial charge in [0.1, 0.15) is 0 Å². The van der Waals surface area contributed by atoms with Gasteiger partial charge in [-0.2, -0.15) is 0 Å². The molecule has 0 radical (unpaired) electrons. The first kappa shape index (κ1) is 29.1. The van der Waals surface area contributed by atoms with Crippen LogP contribution in [0.3, 0.4) is 0 Å². The van der Waals surface area contributed by atoms with Gasteiger partial charge in [-0.15, -0.1) is 0 Å². The second-order valence-electron chi connectivity index (χ2n) is 15.0. The van der Waals surface area contributed by atoms with Crippen molar-refractivity contribution in [2.45, 2.75) is 38.5 Å². The number of aromatic nitrogens is 1. The predicted octanol–water partition coefficient (Wildman–Crippen LogP) is 12.9. The monoisotopic (exact) mass is 642 g/mol. The Labute approximate surface area is 293 Å². The zero-order valence-electron chi connectivity index (χ0n) is 28.9. The first-order valence-corrected chi connectivity index (χ1v) is 17.7. The summed E-state index contributed by atoms with van der Waals surface area (Å²) in [5.74, 6) is 0. The van der Waals surface area contributed by atoms with Crippen LogP contribution in [-0.2, 0) is 10.8 Å². The average molecular weight is 643 g/mol. The van der Waals surface area contributed by atoms with E-state index in [0.29, 0.717) is 0 Å². The Morgan fingerprint density at radius 1 is 0.380 bits per heavy atom. The van der Waals surface area contributed by atoms with Crippen molar-refractivity contribution < 1.29 is 0 Å². The Bertz CT molecular complexity index is 2550. The Balaban J connectivity index is 1.24. The van der Waals surface area contributed by atoms with Gasteiger partial charge >= 0.3 is 0 Å². The topological polar surface area (TPSA) is 8.17 Å². The molecule has 0 fully saturated rings. The zero-order valence-corrected chi connectivity index (χ0v) is 28.9. The van der Waals surface area contributed by atoms with Crippen LogP contribution in [0.4, 0.5) is 17.1 Å². The highest BCUT2D eigenvalue weighted by Crippen LogP contribution is 2.53. The highest BCUT2D eigenvalue weighted by Gasteiger charge is 2.37. The molecule has 50 heavy (non-hydrogen) atoms. The van der Waals surface area contributed by atoms with E-state index < -0.39 is 0 Å². The van der Waals surface area contributed by atoms with Crippen LogP contribution in [0.15, 0.2) is 158 Å². The molecule has 2 aliphatic carbocycles. The van der Waals surface area contributed by atoms with Crippen molar-refractivity contribution in [3.8, 4) is 27.9 Å². The molecule has 2 aliphatic rings. The Morgan fingerprint density at radius 2 is 0.840 bits per heavy atom. The number of rotatable bonds is 4. The number of hydrogen-bond acceptors (Lipinski definition) is 1. The van der Waals surface area contributed by atoms with Crippen molar-refractivity contribution in [2.75, 3.05) is 4.90 Å². The van der Waals surface area contributed by atoms with Gasteiger partial charge in [0.15, 0.2) is 0 Å². The lowest BCUT2D eigenvalue weighted by Crippen LogP contribution is -2.16. The summed E-state index contributed by atoms with van der Waals surface area (Å²) >= 11 is 0. The van der Waals surface area contributed by atoms with Crippen LogP contribution in [0, 0.1) is 0 Å². The van der Waals surface area contributed by atoms with E-state index in [-0.39, 0.29) is 10.8 Å². The summed E-state index contributed by atoms with van der Waals surface area (Å²) in [6.07, 6.45) is 0. The summed E-state index contributed by atoms with van der Waals surface area (Å²) in [7, 11) is 0. The number of fused-ring (bicyclic) bond motifs is 9. The van der Waals surface area contributed by atoms with Crippen molar-refractivity contribution >= 4 is 38.9 Å². The molecule has 0 atom stereocenters. The Kier molecular flexibility index (Phi) is 6.01. The van der Waals surface area contributed by atoms with E-state index >= 15 is 0 Å². The fraction of sp³-hybridized carbons (Fsp3) is 0.125. The predicted molar refractivity (Wildman–Crippen MR) is 211 cm³/mol. The molecule has 240 valence electrons. The molecule has 2 nitrogen and oxygen atoms in total. The minimum absolute atomic E-state index is 0.0479. The van der Waals surface area contributed by atoms with Gasteiger partial charge in [-0.05, 0) is 99.1 Å². The molecule has 7 aromatic carbocycles. The normalized spacial score (nSPS) is 14.7. The largest absolute Gasteiger partial charge is 0.310 e. The first-order valence-electron chi connectivity index (χ1n) is 17.7. The van der Waals surface area contributed by atoms with E-state index in [1.54, 1.807) is 0 Å². The number of benzene rings is 7. The van der Waals surface area contributed by atoms with E-state index in [1.807, 2.05) is 0 Å². The molecule has 1 aromatic heterocycles. The van der Waals surface area contributed by atoms with Crippen molar-refractivity contribution in [2.24, 2.45) is 0 Å².